The van der Waals surface area contributed by atoms with Crippen LogP contribution in [0, 0.1) is 6.92 Å². The van der Waals surface area contributed by atoms with Gasteiger partial charge in [-0.1, -0.05) is 60.2 Å². The van der Waals surface area contributed by atoms with Crippen LogP contribution >= 0.6 is 24.0 Å². The van der Waals surface area contributed by atoms with Gasteiger partial charge >= 0.3 is 0 Å². The number of likely N-dealkylation sites (tertiary alicyclic amines) is 1. The minimum atomic E-state index is -0.607. The van der Waals surface area contributed by atoms with E-state index in [0.29, 0.717) is 12.6 Å². The van der Waals surface area contributed by atoms with Gasteiger partial charge in [0.25, 0.3) is 0 Å². The van der Waals surface area contributed by atoms with Gasteiger partial charge in [-0.2, -0.15) is 0 Å². The van der Waals surface area contributed by atoms with Crippen LogP contribution in [0.1, 0.15) is 29.7 Å². The highest BCUT2D eigenvalue weighted by Crippen LogP contribution is 2.25. The molecule has 4 rings (SSSR count). The Bertz CT molecular complexity index is 879. The van der Waals surface area contributed by atoms with E-state index in [9.17, 15) is 5.11 Å². The molecule has 0 radical (unpaired) electrons. The van der Waals surface area contributed by atoms with Gasteiger partial charge in [-0.25, -0.2) is 0 Å². The molecule has 7 heteroatoms. The summed E-state index contributed by atoms with van der Waals surface area (Å²) in [5.74, 6) is 0.854. The van der Waals surface area contributed by atoms with E-state index in [2.05, 4.69) is 52.4 Å². The quantitative estimate of drug-likeness (QED) is 0.329. The highest BCUT2D eigenvalue weighted by molar-refractivity contribution is 14.0. The summed E-state index contributed by atoms with van der Waals surface area (Å²) in [4.78, 5) is 9.59. The average molecular weight is 550 g/mol. The van der Waals surface area contributed by atoms with Crippen LogP contribution in [-0.4, -0.2) is 72.3 Å². The maximum Gasteiger partial charge on any atom is 0.194 e. The smallest absolute Gasteiger partial charge is 0.194 e. The third-order valence-electron chi connectivity index (χ3n) is 6.12. The molecular weight excluding hydrogens is 515 g/mol. The predicted octanol–water partition coefficient (Wildman–Crippen LogP) is 3.20. The SMILES string of the molecule is CCNC(=NCC(O)c1cccc(C)c1)N1CC2OCCN(Cc3ccccc3)C2C1.I. The van der Waals surface area contributed by atoms with E-state index < -0.39 is 6.10 Å². The van der Waals surface area contributed by atoms with Crippen molar-refractivity contribution in [2.24, 2.45) is 4.99 Å². The summed E-state index contributed by atoms with van der Waals surface area (Å²) in [5, 5.41) is 14.0. The Balaban J connectivity index is 0.00000289. The van der Waals surface area contributed by atoms with Gasteiger partial charge < -0.3 is 20.1 Å². The van der Waals surface area contributed by atoms with Crippen LogP contribution < -0.4 is 5.32 Å². The summed E-state index contributed by atoms with van der Waals surface area (Å²) >= 11 is 0. The number of aliphatic imine (C=N–C) groups is 1. The van der Waals surface area contributed by atoms with Crippen molar-refractivity contribution in [2.45, 2.75) is 38.6 Å². The highest BCUT2D eigenvalue weighted by atomic mass is 127. The standard InChI is InChI=1S/C25H34N4O2.HI/c1-3-26-25(27-15-23(30)21-11-7-8-19(2)14-21)29-17-22-24(18-29)31-13-12-28(22)16-20-9-5-4-6-10-20;/h4-11,14,22-24,30H,3,12-13,15-18H2,1-2H3,(H,26,27);1H. The van der Waals surface area contributed by atoms with E-state index in [0.717, 1.165) is 56.4 Å². The monoisotopic (exact) mass is 550 g/mol. The zero-order chi connectivity index (χ0) is 21.6. The van der Waals surface area contributed by atoms with Crippen LogP contribution in [0.5, 0.6) is 0 Å². The number of nitrogens with one attached hydrogen (secondary N) is 1. The zero-order valence-electron chi connectivity index (χ0n) is 19.0. The predicted molar refractivity (Wildman–Crippen MR) is 139 cm³/mol. The molecule has 6 nitrogen and oxygen atoms in total. The maximum absolute atomic E-state index is 10.6. The van der Waals surface area contributed by atoms with Crippen molar-refractivity contribution in [1.29, 1.82) is 0 Å². The second-order valence-corrected chi connectivity index (χ2v) is 8.46. The number of benzene rings is 2. The largest absolute Gasteiger partial charge is 0.386 e. The Hall–Kier alpha value is -1.68. The lowest BCUT2D eigenvalue weighted by Crippen LogP contribution is -2.50. The van der Waals surface area contributed by atoms with Crippen molar-refractivity contribution >= 4 is 29.9 Å². The van der Waals surface area contributed by atoms with Gasteiger partial charge in [0.1, 0.15) is 0 Å². The van der Waals surface area contributed by atoms with Crippen LogP contribution in [0.2, 0.25) is 0 Å². The molecule has 3 unspecified atom stereocenters. The van der Waals surface area contributed by atoms with Gasteiger partial charge in [-0.15, -0.1) is 24.0 Å². The summed E-state index contributed by atoms with van der Waals surface area (Å²) in [6, 6.07) is 19.0. The van der Waals surface area contributed by atoms with Crippen LogP contribution in [0.15, 0.2) is 59.6 Å². The summed E-state index contributed by atoms with van der Waals surface area (Å²) in [6.07, 6.45) is -0.424. The number of aliphatic hydroxyl groups excluding tert-OH is 1. The van der Waals surface area contributed by atoms with Crippen molar-refractivity contribution < 1.29 is 9.84 Å². The van der Waals surface area contributed by atoms with Crippen LogP contribution in [0.25, 0.3) is 0 Å². The average Bonchev–Trinajstić information content (AvgIpc) is 3.22. The van der Waals surface area contributed by atoms with E-state index in [-0.39, 0.29) is 30.1 Å². The van der Waals surface area contributed by atoms with Crippen LogP contribution in [0.4, 0.5) is 0 Å². The molecule has 2 aromatic carbocycles. The van der Waals surface area contributed by atoms with Gasteiger partial charge in [0.05, 0.1) is 31.4 Å². The molecule has 32 heavy (non-hydrogen) atoms. The summed E-state index contributed by atoms with van der Waals surface area (Å²) in [6.45, 7) is 9.60. The van der Waals surface area contributed by atoms with Gasteiger partial charge in [0, 0.05) is 32.7 Å². The van der Waals surface area contributed by atoms with Gasteiger partial charge in [-0.05, 0) is 25.0 Å². The van der Waals surface area contributed by atoms with Gasteiger partial charge in [0.2, 0.25) is 0 Å². The van der Waals surface area contributed by atoms with Crippen molar-refractivity contribution in [3.63, 3.8) is 0 Å². The minimum Gasteiger partial charge on any atom is -0.386 e. The summed E-state index contributed by atoms with van der Waals surface area (Å²) < 4.78 is 6.12. The molecule has 0 saturated carbocycles. The number of aryl methyl sites for hydroxylation is 1. The Morgan fingerprint density at radius 2 is 2.00 bits per heavy atom. The van der Waals surface area contributed by atoms with E-state index in [4.69, 9.17) is 9.73 Å². The number of halogens is 1. The molecule has 0 aliphatic carbocycles. The number of morpholine rings is 1. The molecule has 2 fully saturated rings. The van der Waals surface area contributed by atoms with Crippen LogP contribution in [0.3, 0.4) is 0 Å². The number of hydrogen-bond donors (Lipinski definition) is 2. The number of fused-ring (bicyclic) bond motifs is 1. The molecule has 0 aromatic heterocycles. The van der Waals surface area contributed by atoms with Crippen molar-refractivity contribution in [2.75, 3.05) is 39.3 Å². The molecule has 2 aliphatic rings. The molecule has 0 spiro atoms. The zero-order valence-corrected chi connectivity index (χ0v) is 21.3. The Labute approximate surface area is 208 Å². The lowest BCUT2D eigenvalue weighted by atomic mass is 10.1. The second kappa shape index (κ2) is 12.0. The molecule has 2 heterocycles. The molecule has 0 amide bonds. The first-order valence-corrected chi connectivity index (χ1v) is 11.3. The Morgan fingerprint density at radius 3 is 2.75 bits per heavy atom. The lowest BCUT2D eigenvalue weighted by Gasteiger charge is -2.36. The van der Waals surface area contributed by atoms with E-state index in [1.54, 1.807) is 0 Å². The third-order valence-corrected chi connectivity index (χ3v) is 6.12. The number of hydrogen-bond acceptors (Lipinski definition) is 4. The minimum absolute atomic E-state index is 0. The molecule has 3 atom stereocenters. The fourth-order valence-electron chi connectivity index (χ4n) is 4.53. The number of ether oxygens (including phenoxy) is 1. The molecule has 2 aromatic rings. The van der Waals surface area contributed by atoms with E-state index >= 15 is 0 Å². The van der Waals surface area contributed by atoms with Crippen molar-refractivity contribution in [1.82, 2.24) is 15.1 Å². The molecular formula is C25H35IN4O2. The first-order chi connectivity index (χ1) is 15.1. The molecule has 2 aliphatic heterocycles. The molecule has 174 valence electrons. The van der Waals surface area contributed by atoms with E-state index in [1.165, 1.54) is 5.56 Å². The molecule has 0 bridgehead atoms. The van der Waals surface area contributed by atoms with E-state index in [1.807, 2.05) is 31.2 Å². The first kappa shape index (κ1) is 25.0. The second-order valence-electron chi connectivity index (χ2n) is 8.46. The number of rotatable bonds is 6. The van der Waals surface area contributed by atoms with Crippen molar-refractivity contribution in [3.8, 4) is 0 Å². The Morgan fingerprint density at radius 1 is 1.19 bits per heavy atom. The number of guanidine groups is 1. The fourth-order valence-corrected chi connectivity index (χ4v) is 4.53. The normalized spacial score (nSPS) is 22.2. The van der Waals surface area contributed by atoms with Crippen LogP contribution in [-0.2, 0) is 11.3 Å². The van der Waals surface area contributed by atoms with Gasteiger partial charge in [-0.3, -0.25) is 9.89 Å². The number of nitrogens with zero attached hydrogens (tertiary/aromatic N) is 3. The van der Waals surface area contributed by atoms with Gasteiger partial charge in [0.15, 0.2) is 5.96 Å². The lowest BCUT2D eigenvalue weighted by molar-refractivity contribution is -0.0502. The highest BCUT2D eigenvalue weighted by Gasteiger charge is 2.41. The topological polar surface area (TPSA) is 60.3 Å². The third kappa shape index (κ3) is 6.21. The van der Waals surface area contributed by atoms with Crippen molar-refractivity contribution in [3.05, 3.63) is 71.3 Å². The summed E-state index contributed by atoms with van der Waals surface area (Å²) in [7, 11) is 0. The first-order valence-electron chi connectivity index (χ1n) is 11.3. The summed E-state index contributed by atoms with van der Waals surface area (Å²) in [5.41, 5.74) is 3.39. The number of aliphatic hydroxyl groups is 1. The molecule has 2 saturated heterocycles. The maximum atomic E-state index is 10.6. The molecule has 2 N–H and O–H groups in total. The fraction of sp³-hybridized carbons (Fsp3) is 0.480. The Kier molecular flexibility index (Phi) is 9.34.